The largest absolute Gasteiger partial charge is 0.381 e. The minimum Gasteiger partial charge on any atom is -0.381 e. The van der Waals surface area contributed by atoms with Crippen LogP contribution in [0.3, 0.4) is 0 Å². The summed E-state index contributed by atoms with van der Waals surface area (Å²) in [6.07, 6.45) is 7.55. The van der Waals surface area contributed by atoms with Gasteiger partial charge >= 0.3 is 0 Å². The highest BCUT2D eigenvalue weighted by Crippen LogP contribution is 2.13. The molecule has 1 rings (SSSR count). The summed E-state index contributed by atoms with van der Waals surface area (Å²) in [6, 6.07) is 7.15. The fourth-order valence-electron chi connectivity index (χ4n) is 2.74. The Labute approximate surface area is 154 Å². The van der Waals surface area contributed by atoms with E-state index in [9.17, 15) is 8.42 Å². The van der Waals surface area contributed by atoms with Crippen molar-refractivity contribution in [2.75, 3.05) is 19.8 Å². The first-order valence-corrected chi connectivity index (χ1v) is 11.2. The summed E-state index contributed by atoms with van der Waals surface area (Å²) < 4.78 is 32.9. The van der Waals surface area contributed by atoms with Crippen LogP contribution in [-0.4, -0.2) is 28.2 Å². The number of hydrogen-bond donors (Lipinski definition) is 1. The monoisotopic (exact) mass is 369 g/mol. The molecule has 1 N–H and O–H groups in total. The molecule has 25 heavy (non-hydrogen) atoms. The van der Waals surface area contributed by atoms with Crippen molar-refractivity contribution in [1.82, 2.24) is 4.72 Å². The summed E-state index contributed by atoms with van der Waals surface area (Å²) in [5, 5.41) is 0. The maximum Gasteiger partial charge on any atom is 0.240 e. The van der Waals surface area contributed by atoms with E-state index in [0.29, 0.717) is 30.4 Å². The van der Waals surface area contributed by atoms with Crippen LogP contribution in [0.25, 0.3) is 0 Å². The van der Waals surface area contributed by atoms with Gasteiger partial charge in [0.15, 0.2) is 0 Å². The van der Waals surface area contributed by atoms with Gasteiger partial charge in [-0.3, -0.25) is 0 Å². The van der Waals surface area contributed by atoms with E-state index in [1.54, 1.807) is 12.1 Å². The minimum absolute atomic E-state index is 0.332. The summed E-state index contributed by atoms with van der Waals surface area (Å²) >= 11 is 0. The van der Waals surface area contributed by atoms with Gasteiger partial charge in [-0.15, -0.1) is 0 Å². The molecule has 1 aromatic carbocycles. The second-order valence-corrected chi connectivity index (χ2v) is 8.40. The Balaban J connectivity index is 2.27. The molecular weight excluding hydrogens is 334 g/mol. The number of sulfonamides is 1. The maximum atomic E-state index is 12.3. The number of ether oxygens (including phenoxy) is 1. The molecule has 0 fully saturated rings. The van der Waals surface area contributed by atoms with E-state index in [0.717, 1.165) is 25.9 Å². The van der Waals surface area contributed by atoms with Gasteiger partial charge in [0.05, 0.1) is 4.90 Å². The van der Waals surface area contributed by atoms with E-state index in [4.69, 9.17) is 4.74 Å². The Bertz CT molecular complexity index is 555. The molecule has 0 saturated carbocycles. The highest BCUT2D eigenvalue weighted by Gasteiger charge is 2.13. The van der Waals surface area contributed by atoms with Gasteiger partial charge in [-0.1, -0.05) is 58.6 Å². The Morgan fingerprint density at radius 1 is 1.04 bits per heavy atom. The van der Waals surface area contributed by atoms with Crippen LogP contribution >= 0.6 is 0 Å². The highest BCUT2D eigenvalue weighted by atomic mass is 32.2. The van der Waals surface area contributed by atoms with Crippen molar-refractivity contribution in [3.63, 3.8) is 0 Å². The Morgan fingerprint density at radius 3 is 2.36 bits per heavy atom. The van der Waals surface area contributed by atoms with Crippen LogP contribution in [0.5, 0.6) is 0 Å². The fourth-order valence-corrected chi connectivity index (χ4v) is 3.81. The smallest absolute Gasteiger partial charge is 0.240 e. The fraction of sp³-hybridized carbons (Fsp3) is 0.700. The number of rotatable bonds is 14. The van der Waals surface area contributed by atoms with Crippen molar-refractivity contribution in [2.45, 2.75) is 70.6 Å². The van der Waals surface area contributed by atoms with Crippen LogP contribution in [0, 0.1) is 5.92 Å². The van der Waals surface area contributed by atoms with Gasteiger partial charge in [-0.25, -0.2) is 13.1 Å². The van der Waals surface area contributed by atoms with Crippen LogP contribution in [0.4, 0.5) is 0 Å². The predicted molar refractivity (Wildman–Crippen MR) is 104 cm³/mol. The summed E-state index contributed by atoms with van der Waals surface area (Å²) in [4.78, 5) is 0.332. The molecule has 0 saturated heterocycles. The molecule has 0 aliphatic rings. The summed E-state index contributed by atoms with van der Waals surface area (Å²) in [6.45, 7) is 8.30. The Morgan fingerprint density at radius 2 is 1.76 bits per heavy atom. The number of hydrogen-bond acceptors (Lipinski definition) is 3. The molecule has 0 bridgehead atoms. The second-order valence-electron chi connectivity index (χ2n) is 6.64. The van der Waals surface area contributed by atoms with Gasteiger partial charge in [-0.05, 0) is 42.9 Å². The topological polar surface area (TPSA) is 55.4 Å². The molecule has 5 heteroatoms. The van der Waals surface area contributed by atoms with Crippen LogP contribution in [0.1, 0.15) is 64.9 Å². The molecule has 0 spiro atoms. The second kappa shape index (κ2) is 12.4. The van der Waals surface area contributed by atoms with Crippen LogP contribution in [0.2, 0.25) is 0 Å². The first-order chi connectivity index (χ1) is 12.0. The molecule has 0 heterocycles. The third kappa shape index (κ3) is 8.84. The summed E-state index contributed by atoms with van der Waals surface area (Å²) in [7, 11) is -3.42. The van der Waals surface area contributed by atoms with Gasteiger partial charge < -0.3 is 4.74 Å². The third-order valence-corrected chi connectivity index (χ3v) is 5.90. The van der Waals surface area contributed by atoms with E-state index in [1.165, 1.54) is 24.8 Å². The predicted octanol–water partition coefficient (Wildman–Crippen LogP) is 4.54. The third-order valence-electron chi connectivity index (χ3n) is 4.43. The zero-order valence-corrected chi connectivity index (χ0v) is 16.9. The lowest BCUT2D eigenvalue weighted by Crippen LogP contribution is -2.25. The molecule has 1 aromatic rings. The number of benzene rings is 1. The van der Waals surface area contributed by atoms with E-state index < -0.39 is 10.0 Å². The zero-order valence-electron chi connectivity index (χ0n) is 16.1. The number of nitrogens with one attached hydrogen (secondary N) is 1. The maximum absolute atomic E-state index is 12.3. The van der Waals surface area contributed by atoms with Gasteiger partial charge in [0.1, 0.15) is 0 Å². The average molecular weight is 370 g/mol. The van der Waals surface area contributed by atoms with Gasteiger partial charge in [0.2, 0.25) is 10.0 Å². The Kier molecular flexibility index (Phi) is 11.0. The quantitative estimate of drug-likeness (QED) is 0.490. The molecule has 0 aliphatic carbocycles. The summed E-state index contributed by atoms with van der Waals surface area (Å²) in [5.41, 5.74) is 1.17. The van der Waals surface area contributed by atoms with Crippen molar-refractivity contribution in [1.29, 1.82) is 0 Å². The molecular formula is C20H35NO3S. The zero-order chi connectivity index (χ0) is 18.5. The van der Waals surface area contributed by atoms with Gasteiger partial charge in [0, 0.05) is 19.8 Å². The minimum atomic E-state index is -3.42. The van der Waals surface area contributed by atoms with E-state index >= 15 is 0 Å². The van der Waals surface area contributed by atoms with Gasteiger partial charge in [-0.2, -0.15) is 0 Å². The van der Waals surface area contributed by atoms with Crippen molar-refractivity contribution in [3.05, 3.63) is 29.8 Å². The molecule has 1 atom stereocenters. The van der Waals surface area contributed by atoms with E-state index in [-0.39, 0.29) is 0 Å². The molecule has 144 valence electrons. The average Bonchev–Trinajstić information content (AvgIpc) is 2.61. The van der Waals surface area contributed by atoms with Gasteiger partial charge in [0.25, 0.3) is 0 Å². The molecule has 1 unspecified atom stereocenters. The number of aryl methyl sites for hydroxylation is 1. The molecule has 0 aromatic heterocycles. The van der Waals surface area contributed by atoms with Crippen molar-refractivity contribution in [2.24, 2.45) is 5.92 Å². The van der Waals surface area contributed by atoms with Crippen molar-refractivity contribution in [3.8, 4) is 0 Å². The van der Waals surface area contributed by atoms with Crippen molar-refractivity contribution < 1.29 is 13.2 Å². The first kappa shape index (κ1) is 22.1. The van der Waals surface area contributed by atoms with E-state index in [2.05, 4.69) is 25.5 Å². The van der Waals surface area contributed by atoms with Crippen LogP contribution in [0.15, 0.2) is 29.2 Å². The van der Waals surface area contributed by atoms with Crippen LogP contribution in [-0.2, 0) is 21.2 Å². The normalized spacial score (nSPS) is 13.1. The lowest BCUT2D eigenvalue weighted by molar-refractivity contribution is 0.0928. The SMILES string of the molecule is CCCCC(CC)COCCCNS(=O)(=O)c1ccc(CCC)cc1. The lowest BCUT2D eigenvalue weighted by atomic mass is 10.0. The molecule has 0 radical (unpaired) electrons. The summed E-state index contributed by atoms with van der Waals surface area (Å²) in [5.74, 6) is 0.623. The highest BCUT2D eigenvalue weighted by molar-refractivity contribution is 7.89. The Hall–Kier alpha value is -0.910. The number of unbranched alkanes of at least 4 members (excludes halogenated alkanes) is 1. The standard InChI is InChI=1S/C20H35NO3S/c1-4-7-10-18(6-3)17-24-16-8-15-21-25(22,23)20-13-11-19(9-5-2)12-14-20/h11-14,18,21H,4-10,15-17H2,1-3H3. The molecule has 0 amide bonds. The van der Waals surface area contributed by atoms with E-state index in [1.807, 2.05) is 12.1 Å². The lowest BCUT2D eigenvalue weighted by Gasteiger charge is -2.14. The van der Waals surface area contributed by atoms with Crippen molar-refractivity contribution >= 4 is 10.0 Å². The van der Waals surface area contributed by atoms with Crippen LogP contribution < -0.4 is 4.72 Å². The molecule has 0 aliphatic heterocycles. The molecule has 4 nitrogen and oxygen atoms in total. The first-order valence-electron chi connectivity index (χ1n) is 9.69.